The van der Waals surface area contributed by atoms with E-state index in [9.17, 15) is 9.18 Å². The molecule has 0 unspecified atom stereocenters. The molecule has 2 rings (SSSR count). The highest BCUT2D eigenvalue weighted by molar-refractivity contribution is 6.05. The van der Waals surface area contributed by atoms with Gasteiger partial charge in [-0.3, -0.25) is 9.69 Å². The molecule has 18 heavy (non-hydrogen) atoms. The molecular formula is C13H12FN3O. The number of rotatable bonds is 2. The molecule has 1 amide bonds. The molecule has 0 spiro atoms. The lowest BCUT2D eigenvalue weighted by Crippen LogP contribution is -2.27. The Morgan fingerprint density at radius 1 is 1.22 bits per heavy atom. The van der Waals surface area contributed by atoms with Gasteiger partial charge in [-0.25, -0.2) is 9.37 Å². The van der Waals surface area contributed by atoms with Gasteiger partial charge in [-0.2, -0.15) is 0 Å². The molecule has 0 aliphatic rings. The van der Waals surface area contributed by atoms with Crippen LogP contribution < -0.4 is 10.6 Å². The third kappa shape index (κ3) is 2.45. The first-order valence-electron chi connectivity index (χ1n) is 5.33. The zero-order chi connectivity index (χ0) is 13.1. The van der Waals surface area contributed by atoms with E-state index in [1.807, 2.05) is 0 Å². The van der Waals surface area contributed by atoms with Crippen LogP contribution in [0.3, 0.4) is 0 Å². The van der Waals surface area contributed by atoms with Crippen molar-refractivity contribution in [3.63, 3.8) is 0 Å². The van der Waals surface area contributed by atoms with Crippen molar-refractivity contribution in [3.05, 3.63) is 54.0 Å². The van der Waals surface area contributed by atoms with E-state index in [0.717, 1.165) is 0 Å². The molecule has 0 saturated heterocycles. The molecule has 1 aromatic carbocycles. The average molecular weight is 245 g/mol. The quantitative estimate of drug-likeness (QED) is 0.881. The molecule has 0 radical (unpaired) electrons. The van der Waals surface area contributed by atoms with Crippen molar-refractivity contribution in [2.75, 3.05) is 17.7 Å². The van der Waals surface area contributed by atoms with Gasteiger partial charge in [0.05, 0.1) is 11.9 Å². The number of nitrogens with two attached hydrogens (primary N) is 1. The first-order valence-corrected chi connectivity index (χ1v) is 5.33. The summed E-state index contributed by atoms with van der Waals surface area (Å²) in [4.78, 5) is 17.5. The van der Waals surface area contributed by atoms with E-state index in [1.165, 1.54) is 35.4 Å². The molecule has 0 bridgehead atoms. The maximum atomic E-state index is 12.8. The van der Waals surface area contributed by atoms with Gasteiger partial charge in [0.1, 0.15) is 11.6 Å². The minimum atomic E-state index is -0.375. The molecule has 2 aromatic rings. The summed E-state index contributed by atoms with van der Waals surface area (Å²) in [6, 6.07) is 8.68. The highest BCUT2D eigenvalue weighted by Crippen LogP contribution is 2.14. The normalized spacial score (nSPS) is 10.1. The Labute approximate surface area is 104 Å². The van der Waals surface area contributed by atoms with E-state index in [1.54, 1.807) is 19.2 Å². The lowest BCUT2D eigenvalue weighted by atomic mass is 10.2. The van der Waals surface area contributed by atoms with Crippen molar-refractivity contribution in [3.8, 4) is 0 Å². The van der Waals surface area contributed by atoms with Gasteiger partial charge in [-0.05, 0) is 36.4 Å². The molecule has 4 nitrogen and oxygen atoms in total. The van der Waals surface area contributed by atoms with Crippen LogP contribution in [0.15, 0.2) is 42.6 Å². The van der Waals surface area contributed by atoms with Gasteiger partial charge < -0.3 is 5.73 Å². The number of hydrogen-bond donors (Lipinski definition) is 1. The topological polar surface area (TPSA) is 59.2 Å². The van der Waals surface area contributed by atoms with E-state index in [4.69, 9.17) is 5.73 Å². The molecule has 1 heterocycles. The smallest absolute Gasteiger partial charge is 0.259 e. The van der Waals surface area contributed by atoms with Gasteiger partial charge in [0, 0.05) is 12.6 Å². The third-order valence-electron chi connectivity index (χ3n) is 2.51. The van der Waals surface area contributed by atoms with Crippen LogP contribution in [0.5, 0.6) is 0 Å². The largest absolute Gasteiger partial charge is 0.397 e. The number of aromatic nitrogens is 1. The summed E-state index contributed by atoms with van der Waals surface area (Å²) in [5, 5.41) is 0. The fourth-order valence-corrected chi connectivity index (χ4v) is 1.49. The van der Waals surface area contributed by atoms with Crippen LogP contribution in [0.2, 0.25) is 0 Å². The molecule has 5 heteroatoms. The van der Waals surface area contributed by atoms with Crippen LogP contribution in [0.1, 0.15) is 10.4 Å². The predicted octanol–water partition coefficient (Wildman–Crippen LogP) is 2.08. The standard InChI is InChI=1S/C13H12FN3O/c1-17(12-7-6-11(15)8-16-12)13(18)9-2-4-10(14)5-3-9/h2-8H,15H2,1H3. The van der Waals surface area contributed by atoms with Gasteiger partial charge >= 0.3 is 0 Å². The minimum Gasteiger partial charge on any atom is -0.397 e. The van der Waals surface area contributed by atoms with Crippen LogP contribution in [0.25, 0.3) is 0 Å². The van der Waals surface area contributed by atoms with Crippen molar-refractivity contribution in [1.82, 2.24) is 4.98 Å². The molecule has 1 aromatic heterocycles. The Balaban J connectivity index is 2.23. The number of benzene rings is 1. The van der Waals surface area contributed by atoms with Gasteiger partial charge in [0.15, 0.2) is 0 Å². The summed E-state index contributed by atoms with van der Waals surface area (Å²) in [6.07, 6.45) is 1.48. The van der Waals surface area contributed by atoms with Crippen LogP contribution in [0.4, 0.5) is 15.9 Å². The number of hydrogen-bond acceptors (Lipinski definition) is 3. The molecule has 0 atom stereocenters. The van der Waals surface area contributed by atoms with Gasteiger partial charge in [0.25, 0.3) is 5.91 Å². The van der Waals surface area contributed by atoms with Crippen LogP contribution in [-0.2, 0) is 0 Å². The van der Waals surface area contributed by atoms with E-state index in [-0.39, 0.29) is 11.7 Å². The van der Waals surface area contributed by atoms with Crippen LogP contribution in [0, 0.1) is 5.82 Å². The van der Waals surface area contributed by atoms with E-state index in [0.29, 0.717) is 17.1 Å². The molecule has 2 N–H and O–H groups in total. The Morgan fingerprint density at radius 3 is 2.44 bits per heavy atom. The maximum Gasteiger partial charge on any atom is 0.259 e. The first kappa shape index (κ1) is 12.0. The summed E-state index contributed by atoms with van der Waals surface area (Å²) in [5.74, 6) is -0.148. The second-order valence-electron chi connectivity index (χ2n) is 3.82. The zero-order valence-corrected chi connectivity index (χ0v) is 9.80. The third-order valence-corrected chi connectivity index (χ3v) is 2.51. The summed E-state index contributed by atoms with van der Waals surface area (Å²) in [6.45, 7) is 0. The summed E-state index contributed by atoms with van der Waals surface area (Å²) in [7, 11) is 1.60. The van der Waals surface area contributed by atoms with Crippen LogP contribution >= 0.6 is 0 Å². The lowest BCUT2D eigenvalue weighted by molar-refractivity contribution is 0.0992. The molecule has 92 valence electrons. The van der Waals surface area contributed by atoms with Crippen molar-refractivity contribution >= 4 is 17.4 Å². The van der Waals surface area contributed by atoms with Gasteiger partial charge in [0.2, 0.25) is 0 Å². The van der Waals surface area contributed by atoms with Crippen molar-refractivity contribution in [1.29, 1.82) is 0 Å². The number of halogens is 1. The Hall–Kier alpha value is -2.43. The molecule has 0 fully saturated rings. The fourth-order valence-electron chi connectivity index (χ4n) is 1.49. The minimum absolute atomic E-state index is 0.257. The number of carbonyl (C=O) groups excluding carboxylic acids is 1. The van der Waals surface area contributed by atoms with E-state index >= 15 is 0 Å². The number of carbonyl (C=O) groups is 1. The second kappa shape index (κ2) is 4.83. The predicted molar refractivity (Wildman–Crippen MR) is 67.8 cm³/mol. The summed E-state index contributed by atoms with van der Waals surface area (Å²) in [5.41, 5.74) is 6.45. The van der Waals surface area contributed by atoms with E-state index in [2.05, 4.69) is 4.98 Å². The summed E-state index contributed by atoms with van der Waals surface area (Å²) >= 11 is 0. The Bertz CT molecular complexity index is 551. The fraction of sp³-hybridized carbons (Fsp3) is 0.0769. The number of amides is 1. The lowest BCUT2D eigenvalue weighted by Gasteiger charge is -2.16. The number of anilines is 2. The molecule has 0 saturated carbocycles. The van der Waals surface area contributed by atoms with Crippen molar-refractivity contribution in [2.24, 2.45) is 0 Å². The molecule has 0 aliphatic heterocycles. The van der Waals surface area contributed by atoms with Crippen molar-refractivity contribution in [2.45, 2.75) is 0 Å². The SMILES string of the molecule is CN(C(=O)c1ccc(F)cc1)c1ccc(N)cn1. The van der Waals surface area contributed by atoms with Gasteiger partial charge in [-0.1, -0.05) is 0 Å². The maximum absolute atomic E-state index is 12.8. The number of nitrogens with zero attached hydrogens (tertiary/aromatic N) is 2. The highest BCUT2D eigenvalue weighted by Gasteiger charge is 2.14. The Morgan fingerprint density at radius 2 is 1.89 bits per heavy atom. The van der Waals surface area contributed by atoms with Crippen molar-refractivity contribution < 1.29 is 9.18 Å². The monoisotopic (exact) mass is 245 g/mol. The molecule has 0 aliphatic carbocycles. The number of pyridine rings is 1. The van der Waals surface area contributed by atoms with E-state index < -0.39 is 0 Å². The second-order valence-corrected chi connectivity index (χ2v) is 3.82. The molecular weight excluding hydrogens is 233 g/mol. The zero-order valence-electron chi connectivity index (χ0n) is 9.80. The highest BCUT2D eigenvalue weighted by atomic mass is 19.1. The summed E-state index contributed by atoms with van der Waals surface area (Å²) < 4.78 is 12.8. The van der Waals surface area contributed by atoms with Crippen LogP contribution in [-0.4, -0.2) is 17.9 Å². The number of nitrogen functional groups attached to an aromatic ring is 1. The Kier molecular flexibility index (Phi) is 3.23. The average Bonchev–Trinajstić information content (AvgIpc) is 2.39. The van der Waals surface area contributed by atoms with Gasteiger partial charge in [-0.15, -0.1) is 0 Å². The first-order chi connectivity index (χ1) is 8.58.